The molecule has 0 aliphatic carbocycles. The van der Waals surface area contributed by atoms with Crippen LogP contribution >= 0.6 is 0 Å². The minimum Gasteiger partial charge on any atom is -0.454 e. The second-order valence-electron chi connectivity index (χ2n) is 16.8. The number of carbonyl (C=O) groups excluding carboxylic acids is 8. The fraction of sp³-hybridized carbons (Fsp3) is 0.164. The lowest BCUT2D eigenvalue weighted by atomic mass is 9.76. The topological polar surface area (TPSA) is 203 Å². The average molecular weight is 927 g/mol. The predicted molar refractivity (Wildman–Crippen MR) is 264 cm³/mol. The summed E-state index contributed by atoms with van der Waals surface area (Å²) >= 11 is 0. The molecule has 0 aromatic heterocycles. The van der Waals surface area contributed by atoms with Gasteiger partial charge in [-0.3, -0.25) is 28.8 Å². The van der Waals surface area contributed by atoms with E-state index < -0.39 is 59.9 Å². The molecule has 0 heterocycles. The fourth-order valence-corrected chi connectivity index (χ4v) is 7.19. The summed E-state index contributed by atoms with van der Waals surface area (Å²) in [5.74, 6) is -5.00. The van der Waals surface area contributed by atoms with Crippen LogP contribution < -0.4 is 21.3 Å². The standard InChI is InChI=1S/C55H50N4O10/c1-31(2)47(60)29-68-53(66)41-21-19-36(27-43(41)51(64)56-8)55(6,7)37-20-22-42(54(67)69-30-48(61)32(3)4)44(28-37)52(65)57-38-16-12-15-35(26-38)50(63)59-46-24-23-45(39-17-9-10-18-40(39)46)58-49(62)34-14-11-13-33(5)25-34/h9-28H,1,3,29-30H2,2,4-8H3,(H,56,64)(H,57,65)(H,58,62)(H,59,63). The number of esters is 2. The average Bonchev–Trinajstić information content (AvgIpc) is 3.34. The molecule has 4 N–H and O–H groups in total. The molecule has 0 radical (unpaired) electrons. The van der Waals surface area contributed by atoms with Crippen LogP contribution in [0.25, 0.3) is 10.8 Å². The third-order valence-corrected chi connectivity index (χ3v) is 11.3. The van der Waals surface area contributed by atoms with Gasteiger partial charge in [0.1, 0.15) is 0 Å². The van der Waals surface area contributed by atoms with Crippen LogP contribution in [0.4, 0.5) is 17.1 Å². The second-order valence-corrected chi connectivity index (χ2v) is 16.8. The third kappa shape index (κ3) is 11.6. The van der Waals surface area contributed by atoms with E-state index in [2.05, 4.69) is 34.4 Å². The van der Waals surface area contributed by atoms with Crippen LogP contribution in [0.2, 0.25) is 0 Å². The summed E-state index contributed by atoms with van der Waals surface area (Å²) in [6.45, 7) is 14.5. The van der Waals surface area contributed by atoms with E-state index in [9.17, 15) is 38.4 Å². The third-order valence-electron chi connectivity index (χ3n) is 11.3. The van der Waals surface area contributed by atoms with Gasteiger partial charge in [0, 0.05) is 51.4 Å². The number of fused-ring (bicyclic) bond motifs is 1. The number of benzene rings is 6. The monoisotopic (exact) mass is 926 g/mol. The number of nitrogens with one attached hydrogen (secondary N) is 4. The molecule has 4 amide bonds. The zero-order valence-electron chi connectivity index (χ0n) is 39.0. The molecule has 0 unspecified atom stereocenters. The molecule has 0 aliphatic heterocycles. The smallest absolute Gasteiger partial charge is 0.339 e. The summed E-state index contributed by atoms with van der Waals surface area (Å²) in [7, 11) is 1.40. The van der Waals surface area contributed by atoms with Crippen molar-refractivity contribution in [2.75, 3.05) is 36.2 Å². The second kappa shape index (κ2) is 21.2. The van der Waals surface area contributed by atoms with Gasteiger partial charge in [0.25, 0.3) is 23.6 Å². The zero-order valence-corrected chi connectivity index (χ0v) is 39.0. The van der Waals surface area contributed by atoms with Gasteiger partial charge in [-0.05, 0) is 110 Å². The van der Waals surface area contributed by atoms with Crippen LogP contribution in [-0.2, 0) is 24.5 Å². The summed E-state index contributed by atoms with van der Waals surface area (Å²) in [5.41, 5.74) is 2.81. The highest BCUT2D eigenvalue weighted by atomic mass is 16.5. The largest absolute Gasteiger partial charge is 0.454 e. The van der Waals surface area contributed by atoms with Crippen LogP contribution in [0.3, 0.4) is 0 Å². The first-order valence-electron chi connectivity index (χ1n) is 21.6. The Hall–Kier alpha value is -8.78. The molecule has 350 valence electrons. The molecule has 69 heavy (non-hydrogen) atoms. The maximum atomic E-state index is 14.3. The fourth-order valence-electron chi connectivity index (χ4n) is 7.19. The summed E-state index contributed by atoms with van der Waals surface area (Å²) in [6.07, 6.45) is 0. The highest BCUT2D eigenvalue weighted by molar-refractivity contribution is 6.16. The van der Waals surface area contributed by atoms with Crippen molar-refractivity contribution in [3.05, 3.63) is 196 Å². The molecule has 6 aromatic rings. The first kappa shape index (κ1) is 49.6. The minimum atomic E-state index is -0.999. The van der Waals surface area contributed by atoms with Gasteiger partial charge in [0.15, 0.2) is 24.8 Å². The molecule has 0 saturated heterocycles. The maximum Gasteiger partial charge on any atom is 0.339 e. The Morgan fingerprint density at radius 2 is 0.971 bits per heavy atom. The number of rotatable bonds is 17. The Morgan fingerprint density at radius 3 is 1.43 bits per heavy atom. The van der Waals surface area contributed by atoms with Gasteiger partial charge in [-0.2, -0.15) is 0 Å². The van der Waals surface area contributed by atoms with E-state index in [0.29, 0.717) is 38.8 Å². The molecule has 0 bridgehead atoms. The first-order valence-corrected chi connectivity index (χ1v) is 21.6. The van der Waals surface area contributed by atoms with Gasteiger partial charge in [0.2, 0.25) is 0 Å². The molecule has 0 fully saturated rings. The number of ketones is 2. The Labute approximate surface area is 398 Å². The number of ether oxygens (including phenoxy) is 2. The molecular formula is C55H50N4O10. The van der Waals surface area contributed by atoms with Crippen molar-refractivity contribution in [2.45, 2.75) is 40.0 Å². The van der Waals surface area contributed by atoms with E-state index in [4.69, 9.17) is 9.47 Å². The Bertz CT molecular complexity index is 3130. The number of anilines is 3. The van der Waals surface area contributed by atoms with Crippen molar-refractivity contribution in [3.8, 4) is 0 Å². The van der Waals surface area contributed by atoms with E-state index >= 15 is 0 Å². The van der Waals surface area contributed by atoms with Gasteiger partial charge < -0.3 is 30.7 Å². The summed E-state index contributed by atoms with van der Waals surface area (Å²) < 4.78 is 10.5. The molecule has 0 aliphatic rings. The van der Waals surface area contributed by atoms with Crippen molar-refractivity contribution < 1.29 is 47.8 Å². The van der Waals surface area contributed by atoms with E-state index in [1.165, 1.54) is 51.2 Å². The van der Waals surface area contributed by atoms with Crippen molar-refractivity contribution in [1.82, 2.24) is 5.32 Å². The lowest BCUT2D eigenvalue weighted by molar-refractivity contribution is -0.119. The molecule has 0 atom stereocenters. The van der Waals surface area contributed by atoms with E-state index in [1.54, 1.807) is 68.4 Å². The number of carbonyl (C=O) groups is 8. The number of hydrogen-bond donors (Lipinski definition) is 4. The maximum absolute atomic E-state index is 14.3. The van der Waals surface area contributed by atoms with Gasteiger partial charge >= 0.3 is 11.9 Å². The predicted octanol–water partition coefficient (Wildman–Crippen LogP) is 9.19. The Morgan fingerprint density at radius 1 is 0.507 bits per heavy atom. The zero-order chi connectivity index (χ0) is 50.2. The minimum absolute atomic E-state index is 0.0345. The van der Waals surface area contributed by atoms with E-state index in [1.807, 2.05) is 43.3 Å². The molecule has 6 rings (SSSR count). The quantitative estimate of drug-likeness (QED) is 0.0504. The van der Waals surface area contributed by atoms with E-state index in [-0.39, 0.29) is 50.6 Å². The highest BCUT2D eigenvalue weighted by Crippen LogP contribution is 2.35. The van der Waals surface area contributed by atoms with Crippen LogP contribution in [0.15, 0.2) is 146 Å². The number of amides is 4. The SMILES string of the molecule is C=C(C)C(=O)COC(=O)c1ccc(C(C)(C)c2ccc(C(=O)OCC(=O)C(=C)C)c(C(=O)Nc3cccc(C(=O)Nc4ccc(NC(=O)c5cccc(C)c5)c5ccccc45)c3)c2)cc1C(=O)NC. The van der Waals surface area contributed by atoms with Crippen LogP contribution in [0, 0.1) is 6.92 Å². The number of aryl methyl sites for hydroxylation is 1. The number of Topliss-reactive ketones (excluding diaryl/α,β-unsaturated/α-hetero) is 2. The van der Waals surface area contributed by atoms with Gasteiger partial charge in [-0.15, -0.1) is 0 Å². The van der Waals surface area contributed by atoms with Crippen LogP contribution in [0.1, 0.15) is 107 Å². The van der Waals surface area contributed by atoms with Crippen molar-refractivity contribution in [1.29, 1.82) is 0 Å². The highest BCUT2D eigenvalue weighted by Gasteiger charge is 2.30. The van der Waals surface area contributed by atoms with Gasteiger partial charge in [-0.1, -0.05) is 87.2 Å². The Balaban J connectivity index is 1.29. The van der Waals surface area contributed by atoms with Crippen LogP contribution in [-0.4, -0.2) is 67.4 Å². The molecule has 14 nitrogen and oxygen atoms in total. The Kier molecular flexibility index (Phi) is 15.3. The summed E-state index contributed by atoms with van der Waals surface area (Å²) in [4.78, 5) is 105. The first-order chi connectivity index (χ1) is 32.8. The van der Waals surface area contributed by atoms with E-state index in [0.717, 1.165) is 5.56 Å². The summed E-state index contributed by atoms with van der Waals surface area (Å²) in [5, 5.41) is 12.6. The molecule has 6 aromatic carbocycles. The van der Waals surface area contributed by atoms with Gasteiger partial charge in [-0.25, -0.2) is 9.59 Å². The lowest BCUT2D eigenvalue weighted by Crippen LogP contribution is -2.26. The molecule has 14 heteroatoms. The summed E-state index contributed by atoms with van der Waals surface area (Å²) in [6, 6.07) is 33.1. The molecule has 0 spiro atoms. The van der Waals surface area contributed by atoms with Crippen molar-refractivity contribution in [3.63, 3.8) is 0 Å². The molecular weight excluding hydrogens is 877 g/mol. The lowest BCUT2D eigenvalue weighted by Gasteiger charge is -2.28. The van der Waals surface area contributed by atoms with Gasteiger partial charge in [0.05, 0.1) is 22.3 Å². The molecule has 0 saturated carbocycles. The normalized spacial score (nSPS) is 10.9. The number of hydrogen-bond acceptors (Lipinski definition) is 10. The van der Waals surface area contributed by atoms with Crippen molar-refractivity contribution >= 4 is 75.0 Å². The van der Waals surface area contributed by atoms with Crippen molar-refractivity contribution in [2.24, 2.45) is 0 Å². The van der Waals surface area contributed by atoms with Crippen LogP contribution in [0.5, 0.6) is 0 Å².